The lowest BCUT2D eigenvalue weighted by molar-refractivity contribution is 0.885. The minimum Gasteiger partial charge on any atom is -0.270 e. The van der Waals surface area contributed by atoms with Gasteiger partial charge in [0.2, 0.25) is 0 Å². The molecule has 0 aliphatic rings. The standard InChI is InChI=1S/C22H20N4S/c1-2-17-8-10-20(11-9-17)26-21(19-12-14-23-15-13-19)24-25-22(26)27-16-18-6-4-3-5-7-18/h3-15H,2,16H2,1H3. The predicted octanol–water partition coefficient (Wildman–Crippen LogP) is 5.18. The smallest absolute Gasteiger partial charge is 0.196 e. The lowest BCUT2D eigenvalue weighted by Gasteiger charge is -2.11. The van der Waals surface area contributed by atoms with Gasteiger partial charge in [0, 0.05) is 29.4 Å². The highest BCUT2D eigenvalue weighted by Crippen LogP contribution is 2.29. The molecule has 0 aliphatic carbocycles. The summed E-state index contributed by atoms with van der Waals surface area (Å²) in [6.45, 7) is 2.16. The zero-order chi connectivity index (χ0) is 18.5. The molecule has 0 radical (unpaired) electrons. The molecule has 0 saturated carbocycles. The largest absolute Gasteiger partial charge is 0.270 e. The molecule has 0 atom stereocenters. The Kier molecular flexibility index (Phi) is 5.30. The average Bonchev–Trinajstić information content (AvgIpc) is 3.17. The molecule has 2 heterocycles. The SMILES string of the molecule is CCc1ccc(-n2c(SCc3ccccc3)nnc2-c2ccncc2)cc1. The van der Waals surface area contributed by atoms with Crippen LogP contribution in [0.2, 0.25) is 0 Å². The summed E-state index contributed by atoms with van der Waals surface area (Å²) in [6.07, 6.45) is 4.59. The van der Waals surface area contributed by atoms with Crippen molar-refractivity contribution in [2.24, 2.45) is 0 Å². The number of aryl methyl sites for hydroxylation is 1. The van der Waals surface area contributed by atoms with E-state index in [1.165, 1.54) is 11.1 Å². The van der Waals surface area contributed by atoms with Crippen molar-refractivity contribution in [1.82, 2.24) is 19.7 Å². The molecule has 4 aromatic rings. The van der Waals surface area contributed by atoms with Crippen molar-refractivity contribution in [3.8, 4) is 17.1 Å². The molecule has 4 rings (SSSR count). The van der Waals surface area contributed by atoms with Crippen molar-refractivity contribution >= 4 is 11.8 Å². The first-order valence-electron chi connectivity index (χ1n) is 8.97. The number of nitrogens with zero attached hydrogens (tertiary/aromatic N) is 4. The number of rotatable bonds is 6. The van der Waals surface area contributed by atoms with Crippen LogP contribution in [0.5, 0.6) is 0 Å². The lowest BCUT2D eigenvalue weighted by atomic mass is 10.1. The molecule has 0 fully saturated rings. The number of hydrogen-bond donors (Lipinski definition) is 0. The van der Waals surface area contributed by atoms with Crippen LogP contribution >= 0.6 is 11.8 Å². The third-order valence-electron chi connectivity index (χ3n) is 4.39. The highest BCUT2D eigenvalue weighted by atomic mass is 32.2. The number of hydrogen-bond acceptors (Lipinski definition) is 4. The van der Waals surface area contributed by atoms with E-state index in [0.717, 1.165) is 34.4 Å². The van der Waals surface area contributed by atoms with Crippen molar-refractivity contribution in [2.45, 2.75) is 24.3 Å². The second kappa shape index (κ2) is 8.18. The fourth-order valence-corrected chi connectivity index (χ4v) is 3.79. The maximum atomic E-state index is 4.48. The van der Waals surface area contributed by atoms with Gasteiger partial charge in [0.15, 0.2) is 11.0 Å². The molecule has 0 saturated heterocycles. The Morgan fingerprint density at radius 3 is 2.26 bits per heavy atom. The van der Waals surface area contributed by atoms with Crippen LogP contribution in [-0.2, 0) is 12.2 Å². The van der Waals surface area contributed by atoms with Crippen LogP contribution in [0.4, 0.5) is 0 Å². The minimum atomic E-state index is 0.831. The van der Waals surface area contributed by atoms with E-state index in [2.05, 4.69) is 75.2 Å². The van der Waals surface area contributed by atoms with Crippen LogP contribution < -0.4 is 0 Å². The molecule has 2 aromatic carbocycles. The van der Waals surface area contributed by atoms with Gasteiger partial charge in [-0.2, -0.15) is 0 Å². The Hall–Kier alpha value is -2.92. The number of pyridine rings is 1. The molecule has 134 valence electrons. The van der Waals surface area contributed by atoms with Gasteiger partial charge in [-0.05, 0) is 41.8 Å². The second-order valence-corrected chi connectivity index (χ2v) is 7.11. The first-order chi connectivity index (χ1) is 13.3. The molecule has 0 bridgehead atoms. The van der Waals surface area contributed by atoms with Crippen LogP contribution in [0.15, 0.2) is 84.3 Å². The van der Waals surface area contributed by atoms with Gasteiger partial charge in [0.1, 0.15) is 0 Å². The maximum Gasteiger partial charge on any atom is 0.196 e. The van der Waals surface area contributed by atoms with E-state index in [4.69, 9.17) is 0 Å². The van der Waals surface area contributed by atoms with E-state index in [1.807, 2.05) is 18.2 Å². The molecule has 4 nitrogen and oxygen atoms in total. The van der Waals surface area contributed by atoms with Crippen molar-refractivity contribution < 1.29 is 0 Å². The van der Waals surface area contributed by atoms with E-state index in [0.29, 0.717) is 0 Å². The van der Waals surface area contributed by atoms with Gasteiger partial charge >= 0.3 is 0 Å². The van der Waals surface area contributed by atoms with Gasteiger partial charge in [-0.15, -0.1) is 10.2 Å². The van der Waals surface area contributed by atoms with Crippen molar-refractivity contribution in [2.75, 3.05) is 0 Å². The van der Waals surface area contributed by atoms with Gasteiger partial charge in [-0.1, -0.05) is 61.2 Å². The zero-order valence-electron chi connectivity index (χ0n) is 15.1. The van der Waals surface area contributed by atoms with Crippen LogP contribution in [-0.4, -0.2) is 19.7 Å². The monoisotopic (exact) mass is 372 g/mol. The molecule has 27 heavy (non-hydrogen) atoms. The molecule has 0 amide bonds. The first-order valence-corrected chi connectivity index (χ1v) is 9.95. The Balaban J connectivity index is 1.73. The Morgan fingerprint density at radius 2 is 1.56 bits per heavy atom. The summed E-state index contributed by atoms with van der Waals surface area (Å²) in [4.78, 5) is 4.12. The molecular weight excluding hydrogens is 352 g/mol. The van der Waals surface area contributed by atoms with Gasteiger partial charge in [0.05, 0.1) is 0 Å². The molecular formula is C22H20N4S. The summed E-state index contributed by atoms with van der Waals surface area (Å²) in [6, 6.07) is 23.0. The Bertz CT molecular complexity index is 996. The molecule has 0 aliphatic heterocycles. The van der Waals surface area contributed by atoms with E-state index in [-0.39, 0.29) is 0 Å². The van der Waals surface area contributed by atoms with Crippen LogP contribution in [0.1, 0.15) is 18.1 Å². The van der Waals surface area contributed by atoms with E-state index < -0.39 is 0 Å². The molecule has 0 unspecified atom stereocenters. The van der Waals surface area contributed by atoms with Crippen LogP contribution in [0.3, 0.4) is 0 Å². The zero-order valence-corrected chi connectivity index (χ0v) is 15.9. The highest BCUT2D eigenvalue weighted by Gasteiger charge is 2.16. The van der Waals surface area contributed by atoms with Crippen molar-refractivity contribution in [1.29, 1.82) is 0 Å². The number of thioether (sulfide) groups is 1. The summed E-state index contributed by atoms with van der Waals surface area (Å²) in [5, 5.41) is 9.85. The summed E-state index contributed by atoms with van der Waals surface area (Å²) in [5.74, 6) is 1.68. The lowest BCUT2D eigenvalue weighted by Crippen LogP contribution is -2.00. The van der Waals surface area contributed by atoms with Crippen molar-refractivity contribution in [3.05, 3.63) is 90.3 Å². The van der Waals surface area contributed by atoms with Gasteiger partial charge in [-0.25, -0.2) is 0 Å². The van der Waals surface area contributed by atoms with Gasteiger partial charge < -0.3 is 0 Å². The predicted molar refractivity (Wildman–Crippen MR) is 110 cm³/mol. The summed E-state index contributed by atoms with van der Waals surface area (Å²) in [7, 11) is 0. The van der Waals surface area contributed by atoms with Crippen molar-refractivity contribution in [3.63, 3.8) is 0 Å². The molecule has 0 spiro atoms. The third kappa shape index (κ3) is 3.93. The van der Waals surface area contributed by atoms with Gasteiger partial charge in [-0.3, -0.25) is 9.55 Å². The average molecular weight is 372 g/mol. The molecule has 2 aromatic heterocycles. The fourth-order valence-electron chi connectivity index (χ4n) is 2.89. The molecule has 0 N–H and O–H groups in total. The molecule has 5 heteroatoms. The quantitative estimate of drug-likeness (QED) is 0.437. The Labute approximate surface area is 163 Å². The summed E-state index contributed by atoms with van der Waals surface area (Å²) in [5.41, 5.74) is 4.66. The number of aromatic nitrogens is 4. The number of benzene rings is 2. The fraction of sp³-hybridized carbons (Fsp3) is 0.136. The third-order valence-corrected chi connectivity index (χ3v) is 5.39. The first kappa shape index (κ1) is 17.5. The van der Waals surface area contributed by atoms with E-state index >= 15 is 0 Å². The minimum absolute atomic E-state index is 0.831. The van der Waals surface area contributed by atoms with E-state index in [9.17, 15) is 0 Å². The van der Waals surface area contributed by atoms with Crippen LogP contribution in [0.25, 0.3) is 17.1 Å². The highest BCUT2D eigenvalue weighted by molar-refractivity contribution is 7.98. The Morgan fingerprint density at radius 1 is 0.815 bits per heavy atom. The van der Waals surface area contributed by atoms with Gasteiger partial charge in [0.25, 0.3) is 0 Å². The summed E-state index contributed by atoms with van der Waals surface area (Å²) >= 11 is 1.69. The normalized spacial score (nSPS) is 10.9. The topological polar surface area (TPSA) is 43.6 Å². The van der Waals surface area contributed by atoms with E-state index in [1.54, 1.807) is 24.2 Å². The maximum absolute atomic E-state index is 4.48. The van der Waals surface area contributed by atoms with Crippen LogP contribution in [0, 0.1) is 0 Å². The second-order valence-electron chi connectivity index (χ2n) is 6.17. The summed E-state index contributed by atoms with van der Waals surface area (Å²) < 4.78 is 2.13.